The van der Waals surface area contributed by atoms with Crippen LogP contribution in [0.3, 0.4) is 0 Å². The van der Waals surface area contributed by atoms with Crippen LogP contribution in [0.1, 0.15) is 36.4 Å². The molecule has 2 saturated carbocycles. The molecule has 0 aliphatic heterocycles. The van der Waals surface area contributed by atoms with Gasteiger partial charge in [0.05, 0.1) is 5.01 Å². The van der Waals surface area contributed by atoms with Crippen LogP contribution < -0.4 is 5.73 Å². The molecule has 3 unspecified atom stereocenters. The van der Waals surface area contributed by atoms with Crippen molar-refractivity contribution >= 4 is 11.3 Å². The summed E-state index contributed by atoms with van der Waals surface area (Å²) in [4.78, 5) is 4.34. The maximum absolute atomic E-state index is 5.68. The zero-order chi connectivity index (χ0) is 15.5. The molecule has 1 aromatic rings. The molecule has 22 heavy (non-hydrogen) atoms. The molecule has 3 atom stereocenters. The highest BCUT2D eigenvalue weighted by Gasteiger charge is 2.39. The lowest BCUT2D eigenvalue weighted by atomic mass is 9.83. The lowest BCUT2D eigenvalue weighted by Gasteiger charge is -2.21. The monoisotopic (exact) mass is 310 g/mol. The summed E-state index contributed by atoms with van der Waals surface area (Å²) in [5.74, 6) is 8.61. The molecule has 2 aliphatic rings. The molecule has 2 bridgehead atoms. The van der Waals surface area contributed by atoms with E-state index in [4.69, 9.17) is 5.73 Å². The summed E-state index contributed by atoms with van der Waals surface area (Å²) in [6, 6.07) is 0. The molecule has 1 heterocycles. The van der Waals surface area contributed by atoms with E-state index in [-0.39, 0.29) is 0 Å². The molecule has 2 aliphatic carbocycles. The number of aryl methyl sites for hydroxylation is 1. The molecule has 0 saturated heterocycles. The average molecular weight is 310 g/mol. The van der Waals surface area contributed by atoms with Crippen LogP contribution in [0.2, 0.25) is 0 Å². The molecule has 114 valence electrons. The summed E-state index contributed by atoms with van der Waals surface area (Å²) < 4.78 is 0. The molecule has 2 fully saturated rings. The molecular weight excluding hydrogens is 288 g/mol. The molecule has 3 rings (SSSR count). The van der Waals surface area contributed by atoms with Crippen molar-refractivity contribution < 1.29 is 0 Å². The Labute approximate surface area is 136 Å². The molecule has 3 heteroatoms. The van der Waals surface area contributed by atoms with Crippen LogP contribution in [-0.2, 0) is 0 Å². The third kappa shape index (κ3) is 3.34. The average Bonchev–Trinajstić information content (AvgIpc) is 3.23. The van der Waals surface area contributed by atoms with Crippen LogP contribution in [-0.4, -0.2) is 4.98 Å². The van der Waals surface area contributed by atoms with Crippen molar-refractivity contribution in [2.75, 3.05) is 0 Å². The van der Waals surface area contributed by atoms with Gasteiger partial charge in [0.2, 0.25) is 0 Å². The standard InChI is InChI=1S/C19H22N2S/c1-13(19-10-16-5-7-17(19)9-16)3-4-15(11-20)6-8-18-12-22-14(2)21-18/h3-4,11-12,16-17,19H,1,5,7,9-10,20H2,2H3/b4-3-,15-11+. The smallest absolute Gasteiger partial charge is 0.124 e. The van der Waals surface area contributed by atoms with Gasteiger partial charge in [0.1, 0.15) is 5.69 Å². The Morgan fingerprint density at radius 2 is 2.27 bits per heavy atom. The molecule has 1 aromatic heterocycles. The summed E-state index contributed by atoms with van der Waals surface area (Å²) in [5, 5.41) is 3.00. The van der Waals surface area contributed by atoms with E-state index in [0.29, 0.717) is 5.92 Å². The number of allylic oxidation sites excluding steroid dienone is 4. The third-order valence-electron chi connectivity index (χ3n) is 4.82. The number of nitrogens with zero attached hydrogens (tertiary/aromatic N) is 1. The SMILES string of the molecule is C=C(/C=C\C(C#Cc1csc(C)n1)=C/N)C1CC2CCC1C2. The van der Waals surface area contributed by atoms with Crippen LogP contribution in [0.25, 0.3) is 0 Å². The summed E-state index contributed by atoms with van der Waals surface area (Å²) in [6.07, 6.45) is 11.2. The first-order chi connectivity index (χ1) is 10.7. The van der Waals surface area contributed by atoms with Crippen molar-refractivity contribution in [2.24, 2.45) is 23.5 Å². The highest BCUT2D eigenvalue weighted by molar-refractivity contribution is 7.09. The third-order valence-corrected chi connectivity index (χ3v) is 5.60. The van der Waals surface area contributed by atoms with Crippen molar-refractivity contribution in [1.82, 2.24) is 4.98 Å². The zero-order valence-corrected chi connectivity index (χ0v) is 13.8. The first kappa shape index (κ1) is 15.1. The van der Waals surface area contributed by atoms with Gasteiger partial charge >= 0.3 is 0 Å². The van der Waals surface area contributed by atoms with Gasteiger partial charge in [-0.3, -0.25) is 0 Å². The predicted octanol–water partition coefficient (Wildman–Crippen LogP) is 4.19. The maximum Gasteiger partial charge on any atom is 0.124 e. The second-order valence-corrected chi connectivity index (χ2v) is 7.38. The van der Waals surface area contributed by atoms with Gasteiger partial charge in [-0.25, -0.2) is 4.98 Å². The summed E-state index contributed by atoms with van der Waals surface area (Å²) >= 11 is 1.61. The molecule has 2 N–H and O–H groups in total. The molecule has 0 spiro atoms. The molecule has 0 aromatic carbocycles. The van der Waals surface area contributed by atoms with Gasteiger partial charge in [-0.1, -0.05) is 30.6 Å². The van der Waals surface area contributed by atoms with Crippen LogP contribution in [0, 0.1) is 36.5 Å². The van der Waals surface area contributed by atoms with Gasteiger partial charge in [0.15, 0.2) is 0 Å². The second kappa shape index (κ2) is 6.54. The quantitative estimate of drug-likeness (QED) is 0.671. The fourth-order valence-corrected chi connectivity index (χ4v) is 4.26. The highest BCUT2D eigenvalue weighted by atomic mass is 32.1. The number of rotatable bonds is 3. The Bertz CT molecular complexity index is 684. The minimum Gasteiger partial charge on any atom is -0.404 e. The van der Waals surface area contributed by atoms with Gasteiger partial charge in [0, 0.05) is 17.2 Å². The van der Waals surface area contributed by atoms with E-state index in [1.54, 1.807) is 17.5 Å². The normalized spacial score (nSPS) is 27.1. The number of fused-ring (bicyclic) bond motifs is 2. The number of thiazole rings is 1. The summed E-state index contributed by atoms with van der Waals surface area (Å²) in [7, 11) is 0. The van der Waals surface area contributed by atoms with Crippen molar-refractivity contribution in [1.29, 1.82) is 0 Å². The number of nitrogens with two attached hydrogens (primary N) is 1. The van der Waals surface area contributed by atoms with Crippen molar-refractivity contribution in [3.63, 3.8) is 0 Å². The highest BCUT2D eigenvalue weighted by Crippen LogP contribution is 2.50. The lowest BCUT2D eigenvalue weighted by molar-refractivity contribution is 0.384. The number of hydrogen-bond donors (Lipinski definition) is 1. The summed E-state index contributed by atoms with van der Waals surface area (Å²) in [5.41, 5.74) is 8.54. The number of hydrogen-bond acceptors (Lipinski definition) is 3. The molecule has 0 radical (unpaired) electrons. The van der Waals surface area contributed by atoms with Crippen LogP contribution in [0.4, 0.5) is 0 Å². The van der Waals surface area contributed by atoms with Gasteiger partial charge in [0.25, 0.3) is 0 Å². The van der Waals surface area contributed by atoms with Crippen molar-refractivity contribution in [3.8, 4) is 11.8 Å². The first-order valence-corrected chi connectivity index (χ1v) is 8.76. The fourth-order valence-electron chi connectivity index (χ4n) is 3.72. The Morgan fingerprint density at radius 1 is 1.41 bits per heavy atom. The first-order valence-electron chi connectivity index (χ1n) is 7.88. The van der Waals surface area contributed by atoms with Crippen molar-refractivity contribution in [3.05, 3.63) is 52.2 Å². The zero-order valence-electron chi connectivity index (χ0n) is 13.0. The van der Waals surface area contributed by atoms with Gasteiger partial charge in [-0.15, -0.1) is 11.3 Å². The predicted molar refractivity (Wildman–Crippen MR) is 93.2 cm³/mol. The topological polar surface area (TPSA) is 38.9 Å². The summed E-state index contributed by atoms with van der Waals surface area (Å²) in [6.45, 7) is 6.25. The van der Waals surface area contributed by atoms with Crippen LogP contribution in [0.15, 0.2) is 41.5 Å². The molecule has 2 nitrogen and oxygen atoms in total. The van der Waals surface area contributed by atoms with E-state index in [1.807, 2.05) is 18.4 Å². The van der Waals surface area contributed by atoms with E-state index in [2.05, 4.69) is 29.5 Å². The molecular formula is C19H22N2S. The van der Waals surface area contributed by atoms with E-state index < -0.39 is 0 Å². The van der Waals surface area contributed by atoms with Crippen molar-refractivity contribution in [2.45, 2.75) is 32.6 Å². The van der Waals surface area contributed by atoms with Crippen LogP contribution in [0.5, 0.6) is 0 Å². The lowest BCUT2D eigenvalue weighted by Crippen LogP contribution is -2.11. The molecule has 0 amide bonds. The van der Waals surface area contributed by atoms with E-state index in [1.165, 1.54) is 31.3 Å². The van der Waals surface area contributed by atoms with E-state index in [0.717, 1.165) is 28.1 Å². The van der Waals surface area contributed by atoms with Crippen LogP contribution >= 0.6 is 11.3 Å². The minimum absolute atomic E-state index is 0.670. The van der Waals surface area contributed by atoms with E-state index in [9.17, 15) is 0 Å². The van der Waals surface area contributed by atoms with Gasteiger partial charge < -0.3 is 5.73 Å². The maximum atomic E-state index is 5.68. The number of aromatic nitrogens is 1. The fraction of sp³-hybridized carbons (Fsp3) is 0.421. The van der Waals surface area contributed by atoms with Gasteiger partial charge in [-0.2, -0.15) is 0 Å². The Morgan fingerprint density at radius 3 is 2.86 bits per heavy atom. The Balaban J connectivity index is 1.63. The Hall–Kier alpha value is -1.79. The van der Waals surface area contributed by atoms with E-state index >= 15 is 0 Å². The largest absolute Gasteiger partial charge is 0.404 e. The second-order valence-electron chi connectivity index (χ2n) is 6.31. The van der Waals surface area contributed by atoms with Gasteiger partial charge in [-0.05, 0) is 55.9 Å². The Kier molecular flexibility index (Phi) is 4.49. The minimum atomic E-state index is 0.670.